The molecule has 3 nitrogen and oxygen atoms in total. The average molecular weight is 206 g/mol. The van der Waals surface area contributed by atoms with Crippen molar-refractivity contribution in [2.24, 2.45) is 0 Å². The number of rotatable bonds is 3. The van der Waals surface area contributed by atoms with Crippen molar-refractivity contribution in [1.29, 1.82) is 0 Å². The van der Waals surface area contributed by atoms with Crippen LogP contribution in [0.1, 0.15) is 5.56 Å². The SMILES string of the molecule is C=CCc1cccc2c1OC(CO)CO2. The Bertz CT molecular complexity index is 360. The molecule has 1 aliphatic heterocycles. The summed E-state index contributed by atoms with van der Waals surface area (Å²) in [6, 6.07) is 5.78. The van der Waals surface area contributed by atoms with Gasteiger partial charge in [0.15, 0.2) is 17.6 Å². The summed E-state index contributed by atoms with van der Waals surface area (Å²) < 4.78 is 11.1. The third kappa shape index (κ3) is 1.97. The molecule has 1 unspecified atom stereocenters. The smallest absolute Gasteiger partial charge is 0.165 e. The predicted molar refractivity (Wildman–Crippen MR) is 57.3 cm³/mol. The molecule has 1 heterocycles. The van der Waals surface area contributed by atoms with E-state index in [-0.39, 0.29) is 12.7 Å². The first-order chi connectivity index (χ1) is 7.35. The first kappa shape index (κ1) is 10.1. The quantitative estimate of drug-likeness (QED) is 0.762. The van der Waals surface area contributed by atoms with Gasteiger partial charge in [0.2, 0.25) is 0 Å². The van der Waals surface area contributed by atoms with Crippen molar-refractivity contribution in [2.75, 3.05) is 13.2 Å². The minimum atomic E-state index is -0.261. The van der Waals surface area contributed by atoms with E-state index in [2.05, 4.69) is 6.58 Å². The van der Waals surface area contributed by atoms with Crippen LogP contribution in [0, 0.1) is 0 Å². The van der Waals surface area contributed by atoms with E-state index in [4.69, 9.17) is 14.6 Å². The number of fused-ring (bicyclic) bond motifs is 1. The van der Waals surface area contributed by atoms with E-state index in [1.807, 2.05) is 24.3 Å². The van der Waals surface area contributed by atoms with Gasteiger partial charge in [-0.05, 0) is 12.5 Å². The van der Waals surface area contributed by atoms with Gasteiger partial charge in [0.25, 0.3) is 0 Å². The summed E-state index contributed by atoms with van der Waals surface area (Å²) in [6.45, 7) is 4.08. The lowest BCUT2D eigenvalue weighted by molar-refractivity contribution is 0.0448. The van der Waals surface area contributed by atoms with Crippen LogP contribution in [0.4, 0.5) is 0 Å². The van der Waals surface area contributed by atoms with Crippen LogP contribution in [0.3, 0.4) is 0 Å². The van der Waals surface area contributed by atoms with Crippen molar-refractivity contribution in [3.63, 3.8) is 0 Å². The van der Waals surface area contributed by atoms with Crippen LogP contribution >= 0.6 is 0 Å². The molecule has 1 aromatic carbocycles. The molecule has 3 heteroatoms. The van der Waals surface area contributed by atoms with Crippen molar-refractivity contribution >= 4 is 0 Å². The Labute approximate surface area is 88.9 Å². The van der Waals surface area contributed by atoms with E-state index in [0.717, 1.165) is 23.5 Å². The highest BCUT2D eigenvalue weighted by atomic mass is 16.6. The maximum absolute atomic E-state index is 9.01. The molecule has 0 spiro atoms. The number of hydrogen-bond acceptors (Lipinski definition) is 3. The second kappa shape index (κ2) is 4.36. The van der Waals surface area contributed by atoms with Gasteiger partial charge in [0, 0.05) is 5.56 Å². The zero-order valence-electron chi connectivity index (χ0n) is 8.48. The van der Waals surface area contributed by atoms with Gasteiger partial charge >= 0.3 is 0 Å². The number of benzene rings is 1. The Balaban J connectivity index is 2.31. The van der Waals surface area contributed by atoms with Crippen molar-refractivity contribution in [3.05, 3.63) is 36.4 Å². The molecule has 0 radical (unpaired) electrons. The maximum atomic E-state index is 9.01. The maximum Gasteiger partial charge on any atom is 0.165 e. The molecule has 0 saturated carbocycles. The first-order valence-corrected chi connectivity index (χ1v) is 4.98. The molecular formula is C12H14O3. The van der Waals surface area contributed by atoms with Gasteiger partial charge in [-0.15, -0.1) is 6.58 Å². The zero-order chi connectivity index (χ0) is 10.7. The summed E-state index contributed by atoms with van der Waals surface area (Å²) in [4.78, 5) is 0. The fraction of sp³-hybridized carbons (Fsp3) is 0.333. The van der Waals surface area contributed by atoms with Gasteiger partial charge in [0.05, 0.1) is 6.61 Å². The minimum absolute atomic E-state index is 0.0259. The standard InChI is InChI=1S/C12H14O3/c1-2-4-9-5-3-6-11-12(9)15-10(7-13)8-14-11/h2-3,5-6,10,13H,1,4,7-8H2. The molecule has 0 aliphatic carbocycles. The summed E-state index contributed by atoms with van der Waals surface area (Å²) >= 11 is 0. The van der Waals surface area contributed by atoms with Crippen LogP contribution in [0.5, 0.6) is 11.5 Å². The molecule has 0 amide bonds. The van der Waals surface area contributed by atoms with E-state index in [9.17, 15) is 0 Å². The summed E-state index contributed by atoms with van der Waals surface area (Å²) in [5.74, 6) is 1.49. The lowest BCUT2D eigenvalue weighted by Gasteiger charge is -2.26. The Kier molecular flexibility index (Phi) is 2.92. The van der Waals surface area contributed by atoms with E-state index in [1.54, 1.807) is 0 Å². The van der Waals surface area contributed by atoms with Crippen LogP contribution in [0.15, 0.2) is 30.9 Å². The summed E-state index contributed by atoms with van der Waals surface area (Å²) in [5.41, 5.74) is 1.04. The Morgan fingerprint density at radius 2 is 2.40 bits per heavy atom. The van der Waals surface area contributed by atoms with Crippen molar-refractivity contribution in [3.8, 4) is 11.5 Å². The van der Waals surface area contributed by atoms with E-state index in [1.165, 1.54) is 0 Å². The summed E-state index contributed by atoms with van der Waals surface area (Å²) in [7, 11) is 0. The van der Waals surface area contributed by atoms with Gasteiger partial charge in [0.1, 0.15) is 6.61 Å². The minimum Gasteiger partial charge on any atom is -0.486 e. The summed E-state index contributed by atoms with van der Waals surface area (Å²) in [5, 5.41) is 9.01. The third-order valence-corrected chi connectivity index (χ3v) is 2.34. The van der Waals surface area contributed by atoms with Gasteiger partial charge in [-0.1, -0.05) is 18.2 Å². The van der Waals surface area contributed by atoms with Crippen molar-refractivity contribution in [1.82, 2.24) is 0 Å². The fourth-order valence-electron chi connectivity index (χ4n) is 1.60. The molecule has 1 aromatic rings. The second-order valence-electron chi connectivity index (χ2n) is 3.47. The molecule has 2 rings (SSSR count). The van der Waals surface area contributed by atoms with Crippen LogP contribution in [0.2, 0.25) is 0 Å². The molecule has 80 valence electrons. The Morgan fingerprint density at radius 3 is 3.13 bits per heavy atom. The number of para-hydroxylation sites is 1. The summed E-state index contributed by atoms with van der Waals surface area (Å²) in [6.07, 6.45) is 2.30. The van der Waals surface area contributed by atoms with Crippen molar-refractivity contribution < 1.29 is 14.6 Å². The second-order valence-corrected chi connectivity index (χ2v) is 3.47. The number of aliphatic hydroxyl groups is 1. The van der Waals surface area contributed by atoms with E-state index in [0.29, 0.717) is 6.61 Å². The van der Waals surface area contributed by atoms with Gasteiger partial charge in [-0.25, -0.2) is 0 Å². The zero-order valence-corrected chi connectivity index (χ0v) is 8.48. The lowest BCUT2D eigenvalue weighted by atomic mass is 10.1. The number of allylic oxidation sites excluding steroid dienone is 1. The largest absolute Gasteiger partial charge is 0.486 e. The molecule has 1 N–H and O–H groups in total. The van der Waals surface area contributed by atoms with Crippen LogP contribution in [-0.2, 0) is 6.42 Å². The van der Waals surface area contributed by atoms with Gasteiger partial charge < -0.3 is 14.6 Å². The molecule has 0 bridgehead atoms. The molecule has 0 aromatic heterocycles. The van der Waals surface area contributed by atoms with Gasteiger partial charge in [-0.2, -0.15) is 0 Å². The lowest BCUT2D eigenvalue weighted by Crippen LogP contribution is -2.32. The highest BCUT2D eigenvalue weighted by Gasteiger charge is 2.22. The average Bonchev–Trinajstić information content (AvgIpc) is 2.29. The Hall–Kier alpha value is -1.48. The van der Waals surface area contributed by atoms with Crippen molar-refractivity contribution in [2.45, 2.75) is 12.5 Å². The first-order valence-electron chi connectivity index (χ1n) is 4.98. The highest BCUT2D eigenvalue weighted by molar-refractivity contribution is 5.48. The molecule has 0 saturated heterocycles. The van der Waals surface area contributed by atoms with Gasteiger partial charge in [-0.3, -0.25) is 0 Å². The highest BCUT2D eigenvalue weighted by Crippen LogP contribution is 2.35. The monoisotopic (exact) mass is 206 g/mol. The third-order valence-electron chi connectivity index (χ3n) is 2.34. The number of aliphatic hydroxyl groups excluding tert-OH is 1. The molecular weight excluding hydrogens is 192 g/mol. The van der Waals surface area contributed by atoms with E-state index < -0.39 is 0 Å². The molecule has 15 heavy (non-hydrogen) atoms. The molecule has 1 atom stereocenters. The topological polar surface area (TPSA) is 38.7 Å². The fourth-order valence-corrected chi connectivity index (χ4v) is 1.60. The Morgan fingerprint density at radius 1 is 1.53 bits per heavy atom. The van der Waals surface area contributed by atoms with E-state index >= 15 is 0 Å². The number of hydrogen-bond donors (Lipinski definition) is 1. The predicted octanol–water partition coefficient (Wildman–Crippen LogP) is 1.55. The van der Waals surface area contributed by atoms with Crippen LogP contribution < -0.4 is 9.47 Å². The van der Waals surface area contributed by atoms with Crippen LogP contribution in [0.25, 0.3) is 0 Å². The molecule has 0 fully saturated rings. The van der Waals surface area contributed by atoms with Crippen LogP contribution in [-0.4, -0.2) is 24.4 Å². The number of ether oxygens (including phenoxy) is 2. The normalized spacial score (nSPS) is 18.6. The molecule has 1 aliphatic rings.